The van der Waals surface area contributed by atoms with Crippen LogP contribution in [0.4, 0.5) is 0 Å². The maximum absolute atomic E-state index is 10.8. The Morgan fingerprint density at radius 3 is 2.75 bits per heavy atom. The van der Waals surface area contributed by atoms with E-state index in [9.17, 15) is 4.79 Å². The van der Waals surface area contributed by atoms with Crippen molar-refractivity contribution in [2.24, 2.45) is 0 Å². The van der Waals surface area contributed by atoms with Gasteiger partial charge in [0.1, 0.15) is 5.54 Å². The number of carboxylic acid groups (broad SMARTS) is 1. The number of carboxylic acids is 1. The van der Waals surface area contributed by atoms with Crippen molar-refractivity contribution in [3.8, 4) is 12.3 Å². The molecule has 1 aliphatic heterocycles. The monoisotopic (exact) mass is 189 g/mol. The molecule has 1 fully saturated rings. The lowest BCUT2D eigenvalue weighted by molar-refractivity contribution is -0.144. The van der Waals surface area contributed by atoms with Crippen molar-refractivity contribution in [1.29, 1.82) is 0 Å². The summed E-state index contributed by atoms with van der Waals surface area (Å²) in [7, 11) is 0. The Morgan fingerprint density at radius 1 is 1.75 bits per heavy atom. The lowest BCUT2D eigenvalue weighted by Crippen LogP contribution is -2.47. The first kappa shape index (κ1) is 11.3. The fourth-order valence-corrected chi connectivity index (χ4v) is 1.39. The highest BCUT2D eigenvalue weighted by atomic mass is 35.5. The first-order valence-corrected chi connectivity index (χ1v) is 3.63. The second kappa shape index (κ2) is 4.34. The van der Waals surface area contributed by atoms with E-state index in [0.29, 0.717) is 6.42 Å². The quantitative estimate of drug-likeness (QED) is 0.627. The summed E-state index contributed by atoms with van der Waals surface area (Å²) < 4.78 is 0. The molecule has 0 bridgehead atoms. The predicted octanol–water partition coefficient (Wildman–Crippen LogP) is 0.638. The van der Waals surface area contributed by atoms with Gasteiger partial charge in [-0.05, 0) is 19.4 Å². The van der Waals surface area contributed by atoms with Gasteiger partial charge in [0.05, 0.1) is 0 Å². The van der Waals surface area contributed by atoms with Crippen LogP contribution in [-0.2, 0) is 4.79 Å². The normalized spacial score (nSPS) is 27.2. The Kier molecular flexibility index (Phi) is 4.08. The van der Waals surface area contributed by atoms with Crippen molar-refractivity contribution in [3.63, 3.8) is 0 Å². The molecule has 0 saturated carbocycles. The molecule has 1 heterocycles. The molecule has 0 amide bonds. The van der Waals surface area contributed by atoms with E-state index in [2.05, 4.69) is 11.2 Å². The molecule has 1 atom stereocenters. The van der Waals surface area contributed by atoms with Gasteiger partial charge in [0.2, 0.25) is 0 Å². The molecule has 0 aromatic heterocycles. The van der Waals surface area contributed by atoms with Crippen LogP contribution in [0.5, 0.6) is 0 Å². The molecule has 1 rings (SSSR count). The van der Waals surface area contributed by atoms with Gasteiger partial charge >= 0.3 is 5.97 Å². The van der Waals surface area contributed by atoms with E-state index in [1.54, 1.807) is 0 Å². The van der Waals surface area contributed by atoms with E-state index in [1.165, 1.54) is 0 Å². The molecule has 4 heteroatoms. The van der Waals surface area contributed by atoms with E-state index in [-0.39, 0.29) is 18.8 Å². The summed E-state index contributed by atoms with van der Waals surface area (Å²) in [6.45, 7) is 0.758. The molecule has 2 N–H and O–H groups in total. The molecular formula is C8H12ClNO2. The van der Waals surface area contributed by atoms with Crippen LogP contribution in [0.2, 0.25) is 0 Å². The van der Waals surface area contributed by atoms with E-state index >= 15 is 0 Å². The van der Waals surface area contributed by atoms with E-state index in [1.807, 2.05) is 0 Å². The highest BCUT2D eigenvalue weighted by Crippen LogP contribution is 2.22. The fraction of sp³-hybridized carbons (Fsp3) is 0.625. The van der Waals surface area contributed by atoms with Crippen molar-refractivity contribution < 1.29 is 9.90 Å². The fourth-order valence-electron chi connectivity index (χ4n) is 1.39. The van der Waals surface area contributed by atoms with Crippen LogP contribution in [-0.4, -0.2) is 23.2 Å². The Labute approximate surface area is 77.9 Å². The Morgan fingerprint density at radius 2 is 2.42 bits per heavy atom. The van der Waals surface area contributed by atoms with Gasteiger partial charge in [0.25, 0.3) is 0 Å². The summed E-state index contributed by atoms with van der Waals surface area (Å²) in [5, 5.41) is 11.8. The summed E-state index contributed by atoms with van der Waals surface area (Å²) >= 11 is 0. The minimum absolute atomic E-state index is 0. The Balaban J connectivity index is 0.00000121. The zero-order chi connectivity index (χ0) is 8.32. The van der Waals surface area contributed by atoms with Crippen LogP contribution >= 0.6 is 12.4 Å². The molecule has 0 radical (unpaired) electrons. The van der Waals surface area contributed by atoms with Crippen LogP contribution in [0, 0.1) is 12.3 Å². The number of rotatable bonds is 2. The van der Waals surface area contributed by atoms with Gasteiger partial charge in [-0.15, -0.1) is 24.8 Å². The molecule has 0 aromatic rings. The van der Waals surface area contributed by atoms with Crippen LogP contribution in [0.25, 0.3) is 0 Å². The maximum atomic E-state index is 10.8. The topological polar surface area (TPSA) is 49.3 Å². The molecule has 12 heavy (non-hydrogen) atoms. The molecule has 1 saturated heterocycles. The summed E-state index contributed by atoms with van der Waals surface area (Å²) in [6, 6.07) is 0. The average molecular weight is 190 g/mol. The number of nitrogens with one attached hydrogen (secondary N) is 1. The van der Waals surface area contributed by atoms with Gasteiger partial charge in [0, 0.05) is 6.42 Å². The molecular weight excluding hydrogens is 178 g/mol. The summed E-state index contributed by atoms with van der Waals surface area (Å²) in [5.41, 5.74) is -0.825. The SMILES string of the molecule is C#CC[C@]1(C(=O)O)CCCN1.Cl. The van der Waals surface area contributed by atoms with E-state index < -0.39 is 11.5 Å². The van der Waals surface area contributed by atoms with Crippen molar-refractivity contribution in [3.05, 3.63) is 0 Å². The van der Waals surface area contributed by atoms with Crippen molar-refractivity contribution in [2.75, 3.05) is 6.54 Å². The third-order valence-corrected chi connectivity index (χ3v) is 2.06. The number of hydrogen-bond acceptors (Lipinski definition) is 2. The van der Waals surface area contributed by atoms with Crippen LogP contribution in [0.3, 0.4) is 0 Å². The van der Waals surface area contributed by atoms with Crippen molar-refractivity contribution in [1.82, 2.24) is 5.32 Å². The molecule has 1 aliphatic rings. The van der Waals surface area contributed by atoms with Gasteiger partial charge in [-0.25, -0.2) is 0 Å². The van der Waals surface area contributed by atoms with E-state index in [4.69, 9.17) is 11.5 Å². The maximum Gasteiger partial charge on any atom is 0.324 e. The Bertz CT molecular complexity index is 204. The summed E-state index contributed by atoms with van der Waals surface area (Å²) in [4.78, 5) is 10.8. The third-order valence-electron chi connectivity index (χ3n) is 2.06. The lowest BCUT2D eigenvalue weighted by atomic mass is 9.94. The van der Waals surface area contributed by atoms with Gasteiger partial charge in [-0.1, -0.05) is 0 Å². The zero-order valence-corrected chi connectivity index (χ0v) is 7.49. The molecule has 0 aromatic carbocycles. The predicted molar refractivity (Wildman–Crippen MR) is 48.3 cm³/mol. The number of aliphatic carboxylic acids is 1. The highest BCUT2D eigenvalue weighted by molar-refractivity contribution is 5.85. The largest absolute Gasteiger partial charge is 0.480 e. The minimum Gasteiger partial charge on any atom is -0.480 e. The second-order valence-corrected chi connectivity index (χ2v) is 2.80. The first-order chi connectivity index (χ1) is 5.21. The Hall–Kier alpha value is -0.720. The minimum atomic E-state index is -0.826. The van der Waals surface area contributed by atoms with Crippen LogP contribution < -0.4 is 5.32 Å². The number of carbonyl (C=O) groups is 1. The van der Waals surface area contributed by atoms with Crippen molar-refractivity contribution >= 4 is 18.4 Å². The van der Waals surface area contributed by atoms with Gasteiger partial charge in [-0.2, -0.15) is 0 Å². The first-order valence-electron chi connectivity index (χ1n) is 3.63. The number of terminal acetylenes is 1. The van der Waals surface area contributed by atoms with Crippen LogP contribution in [0.15, 0.2) is 0 Å². The van der Waals surface area contributed by atoms with Crippen molar-refractivity contribution in [2.45, 2.75) is 24.8 Å². The smallest absolute Gasteiger partial charge is 0.324 e. The average Bonchev–Trinajstić information content (AvgIpc) is 2.38. The zero-order valence-electron chi connectivity index (χ0n) is 6.67. The molecule has 0 aliphatic carbocycles. The van der Waals surface area contributed by atoms with Gasteiger partial charge in [-0.3, -0.25) is 4.79 Å². The standard InChI is InChI=1S/C8H11NO2.ClH/c1-2-4-8(7(10)11)5-3-6-9-8;/h1,9H,3-6H2,(H,10,11);1H/t8-;/m1./s1. The summed E-state index contributed by atoms with van der Waals surface area (Å²) in [6.07, 6.45) is 6.90. The molecule has 3 nitrogen and oxygen atoms in total. The third kappa shape index (κ3) is 1.90. The molecule has 68 valence electrons. The second-order valence-electron chi connectivity index (χ2n) is 2.80. The summed E-state index contributed by atoms with van der Waals surface area (Å²) in [5.74, 6) is 1.56. The number of hydrogen-bond donors (Lipinski definition) is 2. The molecule has 0 spiro atoms. The van der Waals surface area contributed by atoms with Gasteiger partial charge in [0.15, 0.2) is 0 Å². The van der Waals surface area contributed by atoms with E-state index in [0.717, 1.165) is 13.0 Å². The van der Waals surface area contributed by atoms with Gasteiger partial charge < -0.3 is 10.4 Å². The number of halogens is 1. The highest BCUT2D eigenvalue weighted by Gasteiger charge is 2.40. The lowest BCUT2D eigenvalue weighted by Gasteiger charge is -2.20. The molecule has 0 unspecified atom stereocenters. The van der Waals surface area contributed by atoms with Crippen LogP contribution in [0.1, 0.15) is 19.3 Å².